The number of likely N-dealkylation sites (tertiary alicyclic amines) is 1. The molecular weight excluding hydrogens is 234 g/mol. The molecule has 1 aromatic rings. The number of carbonyl (C=O) groups excluding carboxylic acids is 1. The first-order valence-electron chi connectivity index (χ1n) is 6.15. The molecule has 1 saturated heterocycles. The van der Waals surface area contributed by atoms with Crippen LogP contribution in [0.1, 0.15) is 23.4 Å². The van der Waals surface area contributed by atoms with Gasteiger partial charge in [-0.1, -0.05) is 0 Å². The van der Waals surface area contributed by atoms with Crippen LogP contribution in [-0.4, -0.2) is 42.0 Å². The van der Waals surface area contributed by atoms with Gasteiger partial charge in [0, 0.05) is 24.5 Å². The van der Waals surface area contributed by atoms with Gasteiger partial charge in [-0.3, -0.25) is 4.79 Å². The summed E-state index contributed by atoms with van der Waals surface area (Å²) in [6.07, 6.45) is 3.28. The van der Waals surface area contributed by atoms with Gasteiger partial charge < -0.3 is 10.2 Å². The molecule has 0 unspecified atom stereocenters. The summed E-state index contributed by atoms with van der Waals surface area (Å²) >= 11 is 1.69. The van der Waals surface area contributed by atoms with Crippen molar-refractivity contribution >= 4 is 17.2 Å². The quantitative estimate of drug-likeness (QED) is 0.802. The van der Waals surface area contributed by atoms with E-state index >= 15 is 0 Å². The van der Waals surface area contributed by atoms with Gasteiger partial charge in [-0.2, -0.15) is 0 Å². The third kappa shape index (κ3) is 3.51. The minimum absolute atomic E-state index is 0.239. The predicted octanol–water partition coefficient (Wildman–Crippen LogP) is 1.21. The van der Waals surface area contributed by atoms with E-state index in [4.69, 9.17) is 0 Å². The molecule has 1 N–H and O–H groups in total. The maximum Gasteiger partial charge on any atom is 0.236 e. The minimum Gasteiger partial charge on any atom is -0.342 e. The molecule has 5 heteroatoms. The second-order valence-electron chi connectivity index (χ2n) is 4.38. The lowest BCUT2D eigenvalue weighted by Crippen LogP contribution is -2.36. The highest BCUT2D eigenvalue weighted by atomic mass is 32.1. The number of rotatable bonds is 5. The van der Waals surface area contributed by atoms with Crippen LogP contribution in [0.25, 0.3) is 0 Å². The molecule has 0 atom stereocenters. The van der Waals surface area contributed by atoms with Crippen molar-refractivity contribution < 1.29 is 4.79 Å². The van der Waals surface area contributed by atoms with Crippen molar-refractivity contribution in [3.8, 4) is 0 Å². The lowest BCUT2D eigenvalue weighted by atomic mass is 10.3. The summed E-state index contributed by atoms with van der Waals surface area (Å²) in [7, 11) is 0. The Morgan fingerprint density at radius 3 is 2.94 bits per heavy atom. The Hall–Kier alpha value is -0.940. The van der Waals surface area contributed by atoms with Crippen LogP contribution in [0.2, 0.25) is 0 Å². The average Bonchev–Trinajstić information content (AvgIpc) is 2.96. The Morgan fingerprint density at radius 2 is 2.29 bits per heavy atom. The Labute approximate surface area is 106 Å². The SMILES string of the molecule is Cc1ncsc1CCNCC(=O)N1CCCC1. The highest BCUT2D eigenvalue weighted by molar-refractivity contribution is 7.09. The summed E-state index contributed by atoms with van der Waals surface area (Å²) in [5.41, 5.74) is 2.99. The molecule has 1 aromatic heterocycles. The van der Waals surface area contributed by atoms with E-state index in [0.29, 0.717) is 6.54 Å². The molecule has 0 aliphatic carbocycles. The average molecular weight is 253 g/mol. The van der Waals surface area contributed by atoms with Gasteiger partial charge in [0.2, 0.25) is 5.91 Å². The lowest BCUT2D eigenvalue weighted by Gasteiger charge is -2.15. The van der Waals surface area contributed by atoms with Crippen LogP contribution in [0.3, 0.4) is 0 Å². The van der Waals surface area contributed by atoms with Crippen LogP contribution in [-0.2, 0) is 11.2 Å². The van der Waals surface area contributed by atoms with Gasteiger partial charge in [-0.15, -0.1) is 11.3 Å². The number of nitrogens with zero attached hydrogens (tertiary/aromatic N) is 2. The van der Waals surface area contributed by atoms with E-state index in [9.17, 15) is 4.79 Å². The fraction of sp³-hybridized carbons (Fsp3) is 0.667. The Morgan fingerprint density at radius 1 is 1.53 bits per heavy atom. The van der Waals surface area contributed by atoms with Crippen molar-refractivity contribution in [2.24, 2.45) is 0 Å². The van der Waals surface area contributed by atoms with E-state index in [2.05, 4.69) is 10.3 Å². The zero-order valence-corrected chi connectivity index (χ0v) is 11.1. The molecular formula is C12H19N3OS. The van der Waals surface area contributed by atoms with E-state index in [0.717, 1.165) is 44.6 Å². The molecule has 1 aliphatic heterocycles. The van der Waals surface area contributed by atoms with Crippen LogP contribution in [0.4, 0.5) is 0 Å². The summed E-state index contributed by atoms with van der Waals surface area (Å²) in [6.45, 7) is 5.23. The van der Waals surface area contributed by atoms with Crippen molar-refractivity contribution in [2.45, 2.75) is 26.2 Å². The molecule has 0 saturated carbocycles. The third-order valence-corrected chi connectivity index (χ3v) is 4.10. The number of carbonyl (C=O) groups is 1. The number of aromatic nitrogens is 1. The second-order valence-corrected chi connectivity index (χ2v) is 5.31. The van der Waals surface area contributed by atoms with E-state index in [1.165, 1.54) is 4.88 Å². The summed E-state index contributed by atoms with van der Waals surface area (Å²) < 4.78 is 0. The van der Waals surface area contributed by atoms with Crippen molar-refractivity contribution in [2.75, 3.05) is 26.2 Å². The van der Waals surface area contributed by atoms with E-state index < -0.39 is 0 Å². The lowest BCUT2D eigenvalue weighted by molar-refractivity contribution is -0.129. The monoisotopic (exact) mass is 253 g/mol. The predicted molar refractivity (Wildman–Crippen MR) is 69.2 cm³/mol. The highest BCUT2D eigenvalue weighted by Gasteiger charge is 2.16. The zero-order chi connectivity index (χ0) is 12.1. The maximum atomic E-state index is 11.7. The van der Waals surface area contributed by atoms with Crippen LogP contribution in [0.5, 0.6) is 0 Å². The van der Waals surface area contributed by atoms with E-state index in [-0.39, 0.29) is 5.91 Å². The molecule has 1 amide bonds. The van der Waals surface area contributed by atoms with Crippen LogP contribution in [0, 0.1) is 6.92 Å². The number of amides is 1. The molecule has 1 fully saturated rings. The smallest absolute Gasteiger partial charge is 0.236 e. The highest BCUT2D eigenvalue weighted by Crippen LogP contribution is 2.12. The normalized spacial score (nSPS) is 15.5. The Kier molecular flexibility index (Phi) is 4.50. The maximum absolute atomic E-state index is 11.7. The fourth-order valence-corrected chi connectivity index (χ4v) is 2.82. The molecule has 1 aliphatic rings. The Bertz CT molecular complexity index is 372. The second kappa shape index (κ2) is 6.12. The van der Waals surface area contributed by atoms with Gasteiger partial charge in [0.1, 0.15) is 0 Å². The number of hydrogen-bond acceptors (Lipinski definition) is 4. The van der Waals surface area contributed by atoms with E-state index in [1.807, 2.05) is 17.3 Å². The summed E-state index contributed by atoms with van der Waals surface area (Å²) in [5.74, 6) is 0.239. The molecule has 4 nitrogen and oxygen atoms in total. The summed E-state index contributed by atoms with van der Waals surface area (Å²) in [4.78, 5) is 19.2. The van der Waals surface area contributed by atoms with Crippen molar-refractivity contribution in [1.29, 1.82) is 0 Å². The molecule has 0 aromatic carbocycles. The zero-order valence-electron chi connectivity index (χ0n) is 10.2. The molecule has 0 radical (unpaired) electrons. The molecule has 2 rings (SSSR count). The van der Waals surface area contributed by atoms with Gasteiger partial charge >= 0.3 is 0 Å². The first-order valence-corrected chi connectivity index (χ1v) is 7.03. The fourth-order valence-electron chi connectivity index (χ4n) is 2.04. The molecule has 0 spiro atoms. The van der Waals surface area contributed by atoms with Gasteiger partial charge in [-0.05, 0) is 26.2 Å². The van der Waals surface area contributed by atoms with Crippen LogP contribution >= 0.6 is 11.3 Å². The number of nitrogens with one attached hydrogen (secondary N) is 1. The van der Waals surface area contributed by atoms with Crippen molar-refractivity contribution in [1.82, 2.24) is 15.2 Å². The number of aryl methyl sites for hydroxylation is 1. The summed E-state index contributed by atoms with van der Waals surface area (Å²) in [6, 6.07) is 0. The molecule has 17 heavy (non-hydrogen) atoms. The first-order chi connectivity index (χ1) is 8.27. The Balaban J connectivity index is 1.63. The van der Waals surface area contributed by atoms with Gasteiger partial charge in [-0.25, -0.2) is 4.98 Å². The summed E-state index contributed by atoms with van der Waals surface area (Å²) in [5, 5.41) is 3.22. The van der Waals surface area contributed by atoms with Gasteiger partial charge in [0.25, 0.3) is 0 Å². The standard InChI is InChI=1S/C12H19N3OS/c1-10-11(17-9-14-10)4-5-13-8-12(16)15-6-2-3-7-15/h9,13H,2-8H2,1H3. The topological polar surface area (TPSA) is 45.2 Å². The third-order valence-electron chi connectivity index (χ3n) is 3.11. The minimum atomic E-state index is 0.239. The van der Waals surface area contributed by atoms with Crippen molar-refractivity contribution in [3.63, 3.8) is 0 Å². The molecule has 2 heterocycles. The van der Waals surface area contributed by atoms with Crippen LogP contribution < -0.4 is 5.32 Å². The first kappa shape index (κ1) is 12.5. The van der Waals surface area contributed by atoms with Crippen LogP contribution in [0.15, 0.2) is 5.51 Å². The van der Waals surface area contributed by atoms with E-state index in [1.54, 1.807) is 11.3 Å². The van der Waals surface area contributed by atoms with Crippen molar-refractivity contribution in [3.05, 3.63) is 16.1 Å². The number of hydrogen-bond donors (Lipinski definition) is 1. The van der Waals surface area contributed by atoms with Gasteiger partial charge in [0.05, 0.1) is 17.7 Å². The number of thiazole rings is 1. The molecule has 0 bridgehead atoms. The van der Waals surface area contributed by atoms with Gasteiger partial charge in [0.15, 0.2) is 0 Å². The largest absolute Gasteiger partial charge is 0.342 e. The molecule has 94 valence electrons.